The van der Waals surface area contributed by atoms with E-state index in [-0.39, 0.29) is 10.7 Å². The topological polar surface area (TPSA) is 87.6 Å². The summed E-state index contributed by atoms with van der Waals surface area (Å²) in [5.74, 6) is -0.574. The quantitative estimate of drug-likeness (QED) is 0.374. The molecule has 2 rings (SSSR count). The molecule has 0 radical (unpaired) electrons. The maximum atomic E-state index is 11.5. The van der Waals surface area contributed by atoms with E-state index in [0.717, 1.165) is 0 Å². The van der Waals surface area contributed by atoms with Gasteiger partial charge >= 0.3 is 11.9 Å². The predicted molar refractivity (Wildman–Crippen MR) is 112 cm³/mol. The fourth-order valence-corrected chi connectivity index (χ4v) is 2.65. The summed E-state index contributed by atoms with van der Waals surface area (Å²) in [5.41, 5.74) is 0.617. The van der Waals surface area contributed by atoms with Crippen molar-refractivity contribution in [3.05, 3.63) is 49.8 Å². The van der Waals surface area contributed by atoms with Crippen molar-refractivity contribution < 1.29 is 23.8 Å². The third-order valence-corrected chi connectivity index (χ3v) is 4.06. The summed E-state index contributed by atoms with van der Waals surface area (Å²) in [4.78, 5) is 30.6. The molecule has 0 aliphatic rings. The zero-order chi connectivity index (χ0) is 21.1. The molecule has 0 aliphatic carbocycles. The van der Waals surface area contributed by atoms with E-state index < -0.39 is 11.9 Å². The molecule has 28 heavy (non-hydrogen) atoms. The molecule has 152 valence electrons. The number of carbonyl (C=O) groups is 2. The van der Waals surface area contributed by atoms with Gasteiger partial charge in [-0.15, -0.1) is 0 Å². The van der Waals surface area contributed by atoms with Gasteiger partial charge in [-0.25, -0.2) is 19.6 Å². The summed E-state index contributed by atoms with van der Waals surface area (Å²) in [6, 6.07) is 3.21. The zero-order valence-corrected chi connectivity index (χ0v) is 19.4. The van der Waals surface area contributed by atoms with Crippen LogP contribution < -0.4 is 4.74 Å². The number of hydrogen-bond donors (Lipinski definition) is 0. The van der Waals surface area contributed by atoms with Crippen LogP contribution in [0.25, 0.3) is 0 Å². The minimum Gasteiger partial charge on any atom is -0.477 e. The Balaban J connectivity index is 0.000000283. The van der Waals surface area contributed by atoms with E-state index >= 15 is 0 Å². The van der Waals surface area contributed by atoms with Crippen LogP contribution >= 0.6 is 43.5 Å². The molecule has 10 heteroatoms. The van der Waals surface area contributed by atoms with Crippen molar-refractivity contribution in [3.63, 3.8) is 0 Å². The van der Waals surface area contributed by atoms with Gasteiger partial charge in [0.15, 0.2) is 0 Å². The number of hydrogen-bond acceptors (Lipinski definition) is 7. The second kappa shape index (κ2) is 12.7. The second-order valence-corrected chi connectivity index (χ2v) is 7.06. The first-order chi connectivity index (χ1) is 13.3. The molecule has 0 unspecified atom stereocenters. The minimum atomic E-state index is -0.457. The number of halogens is 3. The molecule has 0 saturated carbocycles. The van der Waals surface area contributed by atoms with Gasteiger partial charge in [-0.1, -0.05) is 11.6 Å². The molecule has 0 aliphatic heterocycles. The highest BCUT2D eigenvalue weighted by Crippen LogP contribution is 2.21. The molecule has 0 bridgehead atoms. The molecule has 0 amide bonds. The monoisotopic (exact) mass is 536 g/mol. The van der Waals surface area contributed by atoms with E-state index in [1.807, 2.05) is 6.92 Å². The standard InChI is InChI=1S/C10H12BrNO3.C8H7BrClNO2/c1-3-14-9-8(10(13)15-4-2)5-7(11)6-12-9;1-2-13-8(12)6-3-5(9)4-11-7(6)10/h5-6H,3-4H2,1-2H3;3-4H,2H2,1H3. The summed E-state index contributed by atoms with van der Waals surface area (Å²) < 4.78 is 16.3. The lowest BCUT2D eigenvalue weighted by Gasteiger charge is -2.08. The van der Waals surface area contributed by atoms with Crippen molar-refractivity contribution in [2.75, 3.05) is 19.8 Å². The number of pyridine rings is 2. The van der Waals surface area contributed by atoms with Gasteiger partial charge in [0.1, 0.15) is 10.7 Å². The summed E-state index contributed by atoms with van der Waals surface area (Å²) in [7, 11) is 0. The molecule has 0 spiro atoms. The second-order valence-electron chi connectivity index (χ2n) is 4.87. The van der Waals surface area contributed by atoms with Gasteiger partial charge in [0.25, 0.3) is 0 Å². The van der Waals surface area contributed by atoms with Crippen LogP contribution in [0.5, 0.6) is 5.88 Å². The van der Waals surface area contributed by atoms with Crippen molar-refractivity contribution in [1.82, 2.24) is 9.97 Å². The molecule has 0 fully saturated rings. The first kappa shape index (κ1) is 24.3. The number of ether oxygens (including phenoxy) is 3. The number of carbonyl (C=O) groups excluding carboxylic acids is 2. The van der Waals surface area contributed by atoms with Gasteiger partial charge in [0.2, 0.25) is 5.88 Å². The number of rotatable bonds is 6. The van der Waals surface area contributed by atoms with Gasteiger partial charge in [0, 0.05) is 21.3 Å². The van der Waals surface area contributed by atoms with Crippen LogP contribution in [-0.4, -0.2) is 41.7 Å². The van der Waals surface area contributed by atoms with E-state index in [9.17, 15) is 9.59 Å². The molecular weight excluding hydrogens is 519 g/mol. The predicted octanol–water partition coefficient (Wildman–Crippen LogP) is 5.09. The van der Waals surface area contributed by atoms with Crippen LogP contribution in [0.4, 0.5) is 0 Å². The van der Waals surface area contributed by atoms with E-state index in [1.54, 1.807) is 32.2 Å². The van der Waals surface area contributed by atoms with Crippen molar-refractivity contribution in [2.45, 2.75) is 20.8 Å². The van der Waals surface area contributed by atoms with Crippen molar-refractivity contribution in [3.8, 4) is 5.88 Å². The Kier molecular flexibility index (Phi) is 11.0. The van der Waals surface area contributed by atoms with E-state index in [0.29, 0.717) is 40.2 Å². The molecule has 2 aromatic heterocycles. The van der Waals surface area contributed by atoms with E-state index in [1.165, 1.54) is 6.20 Å². The van der Waals surface area contributed by atoms with Crippen molar-refractivity contribution in [1.29, 1.82) is 0 Å². The van der Waals surface area contributed by atoms with Gasteiger partial charge in [-0.3, -0.25) is 0 Å². The Bertz CT molecular complexity index is 821. The normalized spacial score (nSPS) is 9.79. The van der Waals surface area contributed by atoms with Crippen LogP contribution in [0.1, 0.15) is 41.5 Å². The zero-order valence-electron chi connectivity index (χ0n) is 15.5. The number of aromatic nitrogens is 2. The number of esters is 2. The molecule has 7 nitrogen and oxygen atoms in total. The molecule has 0 saturated heterocycles. The molecule has 0 aromatic carbocycles. The lowest BCUT2D eigenvalue weighted by molar-refractivity contribution is 0.0513. The smallest absolute Gasteiger partial charge is 0.343 e. The highest BCUT2D eigenvalue weighted by atomic mass is 79.9. The summed E-state index contributed by atoms with van der Waals surface area (Å²) in [5, 5.41) is 0.154. The Hall–Kier alpha value is -1.71. The maximum absolute atomic E-state index is 11.5. The van der Waals surface area contributed by atoms with E-state index in [2.05, 4.69) is 41.8 Å². The Morgan fingerprint density at radius 1 is 0.893 bits per heavy atom. The molecular formula is C18H19Br2ClN2O5. The van der Waals surface area contributed by atoms with Crippen LogP contribution in [-0.2, 0) is 9.47 Å². The molecule has 2 aromatic rings. The summed E-state index contributed by atoms with van der Waals surface area (Å²) in [6.45, 7) is 6.43. The van der Waals surface area contributed by atoms with Crippen LogP contribution in [0.2, 0.25) is 5.15 Å². The fourth-order valence-electron chi connectivity index (χ4n) is 1.81. The summed E-state index contributed by atoms with van der Waals surface area (Å²) in [6.07, 6.45) is 3.10. The van der Waals surface area contributed by atoms with Crippen molar-refractivity contribution in [2.24, 2.45) is 0 Å². The third kappa shape index (κ3) is 7.73. The van der Waals surface area contributed by atoms with Gasteiger partial charge < -0.3 is 14.2 Å². The van der Waals surface area contributed by atoms with E-state index in [4.69, 9.17) is 25.8 Å². The molecule has 2 heterocycles. The van der Waals surface area contributed by atoms with Gasteiger partial charge in [-0.2, -0.15) is 0 Å². The third-order valence-electron chi connectivity index (χ3n) is 2.90. The van der Waals surface area contributed by atoms with Crippen LogP contribution in [0.15, 0.2) is 33.5 Å². The Morgan fingerprint density at radius 2 is 1.39 bits per heavy atom. The van der Waals surface area contributed by atoms with Crippen LogP contribution in [0, 0.1) is 0 Å². The van der Waals surface area contributed by atoms with Gasteiger partial charge in [-0.05, 0) is 64.8 Å². The van der Waals surface area contributed by atoms with Crippen LogP contribution in [0.3, 0.4) is 0 Å². The number of nitrogens with zero attached hydrogens (tertiary/aromatic N) is 2. The average molecular weight is 539 g/mol. The largest absolute Gasteiger partial charge is 0.477 e. The summed E-state index contributed by atoms with van der Waals surface area (Å²) >= 11 is 12.1. The van der Waals surface area contributed by atoms with Crippen molar-refractivity contribution >= 4 is 55.4 Å². The Morgan fingerprint density at radius 3 is 1.93 bits per heavy atom. The molecule has 0 atom stereocenters. The van der Waals surface area contributed by atoms with Gasteiger partial charge in [0.05, 0.1) is 25.4 Å². The SMILES string of the molecule is CCOC(=O)c1cc(Br)cnc1Cl.CCOC(=O)c1cc(Br)cnc1OCC. The average Bonchev–Trinajstić information content (AvgIpc) is 2.66. The lowest BCUT2D eigenvalue weighted by atomic mass is 10.3. The fraction of sp³-hybridized carbons (Fsp3) is 0.333. The lowest BCUT2D eigenvalue weighted by Crippen LogP contribution is -2.09. The first-order valence-corrected chi connectivity index (χ1v) is 10.2. The minimum absolute atomic E-state index is 0.154. The first-order valence-electron chi connectivity index (χ1n) is 8.27. The highest BCUT2D eigenvalue weighted by Gasteiger charge is 2.15. The Labute approximate surface area is 185 Å². The molecule has 0 N–H and O–H groups in total. The highest BCUT2D eigenvalue weighted by molar-refractivity contribution is 9.10. The maximum Gasteiger partial charge on any atom is 0.343 e.